The zero-order valence-corrected chi connectivity index (χ0v) is 20.8. The Morgan fingerprint density at radius 1 is 0.943 bits per heavy atom. The maximum absolute atomic E-state index is 9.92. The highest BCUT2D eigenvalue weighted by Gasteiger charge is 2.33. The van der Waals surface area contributed by atoms with Gasteiger partial charge in [0.1, 0.15) is 11.5 Å². The molecule has 0 amide bonds. The molecule has 35 heavy (non-hydrogen) atoms. The van der Waals surface area contributed by atoms with E-state index in [4.69, 9.17) is 21.3 Å². The van der Waals surface area contributed by atoms with Gasteiger partial charge in [0.25, 0.3) is 0 Å². The van der Waals surface area contributed by atoms with Crippen molar-refractivity contribution in [1.29, 1.82) is 0 Å². The molecule has 0 radical (unpaired) electrons. The van der Waals surface area contributed by atoms with E-state index in [2.05, 4.69) is 35.6 Å². The van der Waals surface area contributed by atoms with Crippen molar-refractivity contribution in [1.82, 2.24) is 0 Å². The van der Waals surface area contributed by atoms with E-state index in [1.807, 2.05) is 66.4 Å². The number of hydrogen-bond donors (Lipinski definition) is 2. The highest BCUT2D eigenvalue weighted by atomic mass is 35.5. The van der Waals surface area contributed by atoms with Gasteiger partial charge in [-0.1, -0.05) is 35.9 Å². The average molecular weight is 501 g/mol. The summed E-state index contributed by atoms with van der Waals surface area (Å²) in [6.45, 7) is 0.657. The van der Waals surface area contributed by atoms with Crippen LogP contribution in [-0.2, 0) is 0 Å². The number of fused-ring (bicyclic) bond motifs is 1. The van der Waals surface area contributed by atoms with Crippen LogP contribution in [0.5, 0.6) is 11.5 Å². The Balaban J connectivity index is 1.62. The number of nitrogens with one attached hydrogen (secondary N) is 1. The van der Waals surface area contributed by atoms with Gasteiger partial charge in [0, 0.05) is 33.3 Å². The summed E-state index contributed by atoms with van der Waals surface area (Å²) >= 11 is 7.92. The molecule has 2 atom stereocenters. The maximum atomic E-state index is 9.92. The van der Waals surface area contributed by atoms with Gasteiger partial charge >= 0.3 is 0 Å². The van der Waals surface area contributed by atoms with E-state index in [0.717, 1.165) is 33.3 Å². The van der Waals surface area contributed by atoms with Gasteiger partial charge in [-0.3, -0.25) is 4.99 Å². The Kier molecular flexibility index (Phi) is 6.98. The Hall–Kier alpha value is -3.41. The molecule has 0 saturated carbocycles. The number of para-hydroxylation sites is 1. The molecule has 2 N–H and O–H groups in total. The Bertz CT molecular complexity index is 1340. The topological polar surface area (TPSA) is 53.9 Å². The molecule has 4 aromatic carbocycles. The van der Waals surface area contributed by atoms with Crippen LogP contribution in [0.15, 0.2) is 107 Å². The fourth-order valence-electron chi connectivity index (χ4n) is 4.25. The van der Waals surface area contributed by atoms with Gasteiger partial charge in [-0.2, -0.15) is 0 Å². The number of phenols is 1. The van der Waals surface area contributed by atoms with Crippen molar-refractivity contribution in [3.05, 3.63) is 113 Å². The van der Waals surface area contributed by atoms with E-state index in [1.165, 1.54) is 5.56 Å². The summed E-state index contributed by atoms with van der Waals surface area (Å²) in [6, 6.07) is 31.5. The zero-order valence-electron chi connectivity index (χ0n) is 19.2. The highest BCUT2D eigenvalue weighted by molar-refractivity contribution is 7.99. The molecule has 0 aliphatic carbocycles. The van der Waals surface area contributed by atoms with Crippen LogP contribution in [0.25, 0.3) is 0 Å². The minimum atomic E-state index is 0.0136. The summed E-state index contributed by atoms with van der Waals surface area (Å²) in [5.41, 5.74) is 5.06. The van der Waals surface area contributed by atoms with Gasteiger partial charge in [0.2, 0.25) is 0 Å². The Morgan fingerprint density at radius 3 is 2.49 bits per heavy atom. The highest BCUT2D eigenvalue weighted by Crippen LogP contribution is 2.49. The van der Waals surface area contributed by atoms with E-state index in [9.17, 15) is 5.11 Å². The van der Waals surface area contributed by atoms with E-state index in [0.29, 0.717) is 11.6 Å². The molecule has 4 aromatic rings. The Morgan fingerprint density at radius 2 is 1.71 bits per heavy atom. The van der Waals surface area contributed by atoms with Crippen LogP contribution in [0.4, 0.5) is 11.4 Å². The predicted molar refractivity (Wildman–Crippen MR) is 146 cm³/mol. The molecular formula is C29H25ClN2O2S. The molecule has 1 aliphatic rings. The van der Waals surface area contributed by atoms with Crippen LogP contribution >= 0.6 is 23.4 Å². The number of rotatable bonds is 6. The second kappa shape index (κ2) is 10.5. The molecule has 0 bridgehead atoms. The van der Waals surface area contributed by atoms with Crippen LogP contribution in [0.3, 0.4) is 0 Å². The number of hydrogen-bond acceptors (Lipinski definition) is 5. The van der Waals surface area contributed by atoms with Crippen molar-refractivity contribution >= 4 is 40.4 Å². The van der Waals surface area contributed by atoms with Crippen molar-refractivity contribution < 1.29 is 9.84 Å². The summed E-state index contributed by atoms with van der Waals surface area (Å²) in [5.74, 6) is 1.07. The standard InChI is InChI=1S/C29H25ClN2O2S/c1-34-24-6-4-5-20(17-24)29-25(18-31-22-13-11-21(30)12-14-22)28(19-9-15-23(33)16-10-19)32-26-7-2-3-8-27(26)35-29/h2-17,25,29,31,33H,18H2,1H3. The molecule has 0 saturated heterocycles. The normalized spacial score (nSPS) is 17.1. The van der Waals surface area contributed by atoms with Crippen LogP contribution in [0.2, 0.25) is 5.02 Å². The minimum absolute atomic E-state index is 0.0136. The molecule has 5 rings (SSSR count). The van der Waals surface area contributed by atoms with Crippen molar-refractivity contribution in [3.63, 3.8) is 0 Å². The molecule has 0 aromatic heterocycles. The number of benzene rings is 4. The number of halogens is 1. The molecule has 1 heterocycles. The Labute approximate surface area is 214 Å². The van der Waals surface area contributed by atoms with Gasteiger partial charge in [-0.05, 0) is 83.9 Å². The van der Waals surface area contributed by atoms with Crippen LogP contribution < -0.4 is 10.1 Å². The first-order valence-corrected chi connectivity index (χ1v) is 12.6. The lowest BCUT2D eigenvalue weighted by Crippen LogP contribution is -2.28. The predicted octanol–water partition coefficient (Wildman–Crippen LogP) is 7.75. The van der Waals surface area contributed by atoms with Gasteiger partial charge in [0.05, 0.1) is 18.5 Å². The third-order valence-corrected chi connectivity index (χ3v) is 7.74. The van der Waals surface area contributed by atoms with E-state index >= 15 is 0 Å². The lowest BCUT2D eigenvalue weighted by molar-refractivity contribution is 0.414. The third-order valence-electron chi connectivity index (χ3n) is 6.03. The van der Waals surface area contributed by atoms with Gasteiger partial charge in [-0.25, -0.2) is 0 Å². The lowest BCUT2D eigenvalue weighted by atomic mass is 9.89. The number of nitrogens with zero attached hydrogens (tertiary/aromatic N) is 1. The number of aliphatic imine (C=N–C) groups is 1. The summed E-state index contributed by atoms with van der Waals surface area (Å²) in [7, 11) is 1.69. The second-order valence-electron chi connectivity index (χ2n) is 8.32. The number of phenolic OH excluding ortho intramolecular Hbond substituents is 1. The molecule has 0 fully saturated rings. The van der Waals surface area contributed by atoms with Gasteiger partial charge in [0.15, 0.2) is 0 Å². The molecule has 176 valence electrons. The zero-order chi connectivity index (χ0) is 24.2. The summed E-state index contributed by atoms with van der Waals surface area (Å²) in [4.78, 5) is 6.32. The van der Waals surface area contributed by atoms with Crippen molar-refractivity contribution in [2.24, 2.45) is 10.9 Å². The first-order chi connectivity index (χ1) is 17.1. The van der Waals surface area contributed by atoms with Crippen molar-refractivity contribution in [2.75, 3.05) is 19.0 Å². The molecule has 1 aliphatic heterocycles. The summed E-state index contributed by atoms with van der Waals surface area (Å²) in [5, 5.41) is 14.3. The average Bonchev–Trinajstić information content (AvgIpc) is 3.06. The number of ether oxygens (including phenoxy) is 1. The second-order valence-corrected chi connectivity index (χ2v) is 9.94. The molecular weight excluding hydrogens is 476 g/mol. The van der Waals surface area contributed by atoms with E-state index < -0.39 is 0 Å². The van der Waals surface area contributed by atoms with Gasteiger partial charge in [-0.15, -0.1) is 11.8 Å². The quantitative estimate of drug-likeness (QED) is 0.284. The molecule has 2 unspecified atom stereocenters. The fraction of sp³-hybridized carbons (Fsp3) is 0.138. The number of aromatic hydroxyl groups is 1. The van der Waals surface area contributed by atoms with Crippen molar-refractivity contribution in [3.8, 4) is 11.5 Å². The molecule has 4 nitrogen and oxygen atoms in total. The first-order valence-electron chi connectivity index (χ1n) is 11.4. The largest absolute Gasteiger partial charge is 0.508 e. The van der Waals surface area contributed by atoms with Crippen LogP contribution in [-0.4, -0.2) is 24.5 Å². The van der Waals surface area contributed by atoms with Crippen LogP contribution in [0, 0.1) is 5.92 Å². The fourth-order valence-corrected chi connectivity index (χ4v) is 5.72. The third kappa shape index (κ3) is 5.31. The minimum Gasteiger partial charge on any atom is -0.508 e. The van der Waals surface area contributed by atoms with E-state index in [1.54, 1.807) is 19.2 Å². The monoisotopic (exact) mass is 500 g/mol. The SMILES string of the molecule is COc1cccc(C2Sc3ccccc3N=C(c3ccc(O)cc3)C2CNc2ccc(Cl)cc2)c1. The molecule has 0 spiro atoms. The van der Waals surface area contributed by atoms with E-state index in [-0.39, 0.29) is 16.9 Å². The molecule has 6 heteroatoms. The van der Waals surface area contributed by atoms with Crippen LogP contribution in [0.1, 0.15) is 16.4 Å². The first kappa shape index (κ1) is 23.3. The smallest absolute Gasteiger partial charge is 0.119 e. The van der Waals surface area contributed by atoms with Crippen molar-refractivity contribution in [2.45, 2.75) is 10.1 Å². The number of methoxy groups -OCH3 is 1. The lowest BCUT2D eigenvalue weighted by Gasteiger charge is -2.28. The van der Waals surface area contributed by atoms with Gasteiger partial charge < -0.3 is 15.2 Å². The summed E-state index contributed by atoms with van der Waals surface area (Å²) < 4.78 is 5.55. The number of anilines is 1. The maximum Gasteiger partial charge on any atom is 0.119 e. The summed E-state index contributed by atoms with van der Waals surface area (Å²) in [6.07, 6.45) is 0. The number of thioether (sulfide) groups is 1.